The van der Waals surface area contributed by atoms with E-state index in [1.54, 1.807) is 17.7 Å². The van der Waals surface area contributed by atoms with Crippen LogP contribution in [-0.4, -0.2) is 36.1 Å². The second-order valence-corrected chi connectivity index (χ2v) is 7.23. The average Bonchev–Trinajstić information content (AvgIpc) is 3.02. The molecule has 1 unspecified atom stereocenters. The van der Waals surface area contributed by atoms with Crippen molar-refractivity contribution in [2.24, 2.45) is 11.3 Å². The number of nitrogens with zero attached hydrogens (tertiary/aromatic N) is 3. The number of hydrogen-bond acceptors (Lipinski definition) is 6. The highest BCUT2D eigenvalue weighted by Gasteiger charge is 2.40. The second-order valence-electron chi connectivity index (χ2n) is 6.34. The number of fused-ring (bicyclic) bond motifs is 1. The maximum Gasteiger partial charge on any atom is 0.311 e. The molecule has 0 aliphatic carbocycles. The number of ether oxygens (including phenoxy) is 1. The van der Waals surface area contributed by atoms with E-state index in [0.717, 1.165) is 42.0 Å². The standard InChI is InChI=1S/C16H21N3O2S/c1-16(2,15(20)21-3)11-5-4-7-19(9-11)13-12-6-8-22-14(12)18-10-17-13/h6,8,10-11H,4-5,7,9H2,1-3H3. The van der Waals surface area contributed by atoms with Gasteiger partial charge in [0.1, 0.15) is 17.0 Å². The molecule has 0 aromatic carbocycles. The number of piperidine rings is 1. The lowest BCUT2D eigenvalue weighted by atomic mass is 9.74. The maximum atomic E-state index is 12.1. The van der Waals surface area contributed by atoms with Crippen molar-refractivity contribution >= 4 is 33.3 Å². The van der Waals surface area contributed by atoms with Crippen molar-refractivity contribution in [1.82, 2.24) is 9.97 Å². The van der Waals surface area contributed by atoms with E-state index in [0.29, 0.717) is 0 Å². The Balaban J connectivity index is 1.87. The van der Waals surface area contributed by atoms with Gasteiger partial charge in [-0.3, -0.25) is 4.79 Å². The smallest absolute Gasteiger partial charge is 0.311 e. The van der Waals surface area contributed by atoms with Crippen LogP contribution in [0.1, 0.15) is 26.7 Å². The highest BCUT2D eigenvalue weighted by atomic mass is 32.1. The molecule has 1 atom stereocenters. The Morgan fingerprint density at radius 2 is 2.27 bits per heavy atom. The van der Waals surface area contributed by atoms with Crippen LogP contribution >= 0.6 is 11.3 Å². The molecule has 3 heterocycles. The van der Waals surface area contributed by atoms with Gasteiger partial charge in [-0.15, -0.1) is 11.3 Å². The van der Waals surface area contributed by atoms with Gasteiger partial charge in [0.05, 0.1) is 17.9 Å². The molecule has 0 spiro atoms. The lowest BCUT2D eigenvalue weighted by molar-refractivity contribution is -0.154. The lowest BCUT2D eigenvalue weighted by Crippen LogP contribution is -2.45. The number of methoxy groups -OCH3 is 1. The van der Waals surface area contributed by atoms with Gasteiger partial charge in [0.2, 0.25) is 0 Å². The fourth-order valence-corrected chi connectivity index (χ4v) is 3.94. The molecule has 118 valence electrons. The summed E-state index contributed by atoms with van der Waals surface area (Å²) in [6, 6.07) is 2.07. The Morgan fingerprint density at radius 1 is 1.45 bits per heavy atom. The number of aromatic nitrogens is 2. The van der Waals surface area contributed by atoms with Crippen molar-refractivity contribution in [2.75, 3.05) is 25.1 Å². The molecule has 0 radical (unpaired) electrons. The first-order valence-electron chi connectivity index (χ1n) is 7.55. The number of esters is 1. The van der Waals surface area contributed by atoms with Crippen molar-refractivity contribution in [3.63, 3.8) is 0 Å². The van der Waals surface area contributed by atoms with Crippen LogP contribution in [0.15, 0.2) is 17.8 Å². The number of hydrogen-bond donors (Lipinski definition) is 0. The highest BCUT2D eigenvalue weighted by molar-refractivity contribution is 7.16. The third kappa shape index (κ3) is 2.56. The van der Waals surface area contributed by atoms with Gasteiger partial charge in [-0.1, -0.05) is 0 Å². The van der Waals surface area contributed by atoms with Crippen molar-refractivity contribution in [3.8, 4) is 0 Å². The second kappa shape index (κ2) is 5.83. The van der Waals surface area contributed by atoms with Crippen molar-refractivity contribution in [1.29, 1.82) is 0 Å². The predicted molar refractivity (Wildman–Crippen MR) is 88.1 cm³/mol. The van der Waals surface area contributed by atoms with Crippen LogP contribution in [0.4, 0.5) is 5.82 Å². The van der Waals surface area contributed by atoms with Crippen LogP contribution in [0, 0.1) is 11.3 Å². The molecule has 1 fully saturated rings. The van der Waals surface area contributed by atoms with Crippen molar-refractivity contribution < 1.29 is 9.53 Å². The molecule has 2 aromatic rings. The van der Waals surface area contributed by atoms with Gasteiger partial charge in [-0.2, -0.15) is 0 Å². The molecule has 2 aromatic heterocycles. The lowest BCUT2D eigenvalue weighted by Gasteiger charge is -2.40. The molecule has 5 nitrogen and oxygen atoms in total. The van der Waals surface area contributed by atoms with E-state index in [-0.39, 0.29) is 11.9 Å². The number of rotatable bonds is 3. The van der Waals surface area contributed by atoms with Crippen LogP contribution in [0.25, 0.3) is 10.2 Å². The molecular formula is C16H21N3O2S. The molecule has 0 amide bonds. The molecule has 1 aliphatic heterocycles. The largest absolute Gasteiger partial charge is 0.469 e. The molecular weight excluding hydrogens is 298 g/mol. The van der Waals surface area contributed by atoms with Gasteiger partial charge in [-0.25, -0.2) is 9.97 Å². The molecule has 3 rings (SSSR count). The topological polar surface area (TPSA) is 55.3 Å². The van der Waals surface area contributed by atoms with Crippen molar-refractivity contribution in [3.05, 3.63) is 17.8 Å². The minimum Gasteiger partial charge on any atom is -0.469 e. The summed E-state index contributed by atoms with van der Waals surface area (Å²) in [7, 11) is 1.46. The number of thiophene rings is 1. The molecule has 22 heavy (non-hydrogen) atoms. The zero-order valence-electron chi connectivity index (χ0n) is 13.2. The van der Waals surface area contributed by atoms with Gasteiger partial charge in [0.25, 0.3) is 0 Å². The van der Waals surface area contributed by atoms with E-state index >= 15 is 0 Å². The SMILES string of the molecule is COC(=O)C(C)(C)C1CCCN(c2ncnc3sccc23)C1. The maximum absolute atomic E-state index is 12.1. The summed E-state index contributed by atoms with van der Waals surface area (Å²) in [5.74, 6) is 1.11. The third-order valence-corrected chi connectivity index (χ3v) is 5.51. The van der Waals surface area contributed by atoms with E-state index < -0.39 is 5.41 Å². The van der Waals surface area contributed by atoms with Crippen LogP contribution in [0.2, 0.25) is 0 Å². The predicted octanol–water partition coefficient (Wildman–Crippen LogP) is 3.11. The van der Waals surface area contributed by atoms with E-state index in [9.17, 15) is 4.79 Å². The molecule has 1 saturated heterocycles. The fourth-order valence-electron chi connectivity index (χ4n) is 3.22. The summed E-state index contributed by atoms with van der Waals surface area (Å²) < 4.78 is 4.99. The summed E-state index contributed by atoms with van der Waals surface area (Å²) in [4.78, 5) is 24.2. The Hall–Kier alpha value is -1.69. The first kappa shape index (κ1) is 15.2. The number of anilines is 1. The number of carbonyl (C=O) groups excluding carboxylic acids is 1. The Kier molecular flexibility index (Phi) is 4.04. The Morgan fingerprint density at radius 3 is 3.05 bits per heavy atom. The highest BCUT2D eigenvalue weighted by Crippen LogP contribution is 2.37. The molecule has 0 N–H and O–H groups in total. The normalized spacial score (nSPS) is 19.4. The molecule has 0 saturated carbocycles. The Labute approximate surface area is 134 Å². The summed E-state index contributed by atoms with van der Waals surface area (Å²) in [5.41, 5.74) is -0.478. The van der Waals surface area contributed by atoms with Gasteiger partial charge < -0.3 is 9.64 Å². The molecule has 0 bridgehead atoms. The van der Waals surface area contributed by atoms with Gasteiger partial charge >= 0.3 is 5.97 Å². The minimum absolute atomic E-state index is 0.136. The molecule has 1 aliphatic rings. The van der Waals surface area contributed by atoms with Crippen LogP contribution < -0.4 is 4.90 Å². The number of carbonyl (C=O) groups is 1. The summed E-state index contributed by atoms with van der Waals surface area (Å²) >= 11 is 1.63. The quantitative estimate of drug-likeness (QED) is 0.814. The van der Waals surface area contributed by atoms with E-state index in [2.05, 4.69) is 20.9 Å². The van der Waals surface area contributed by atoms with Gasteiger partial charge in [0.15, 0.2) is 0 Å². The monoisotopic (exact) mass is 319 g/mol. The summed E-state index contributed by atoms with van der Waals surface area (Å²) in [6.45, 7) is 5.75. The zero-order chi connectivity index (χ0) is 15.7. The first-order valence-corrected chi connectivity index (χ1v) is 8.43. The summed E-state index contributed by atoms with van der Waals surface area (Å²) in [5, 5.41) is 3.15. The first-order chi connectivity index (χ1) is 10.5. The fraction of sp³-hybridized carbons (Fsp3) is 0.562. The molecule has 6 heteroatoms. The van der Waals surface area contributed by atoms with Crippen molar-refractivity contribution in [2.45, 2.75) is 26.7 Å². The Bertz CT molecular complexity index is 683. The zero-order valence-corrected chi connectivity index (χ0v) is 14.0. The average molecular weight is 319 g/mol. The van der Waals surface area contributed by atoms with Crippen LogP contribution in [0.3, 0.4) is 0 Å². The van der Waals surface area contributed by atoms with Crippen LogP contribution in [0.5, 0.6) is 0 Å². The third-order valence-electron chi connectivity index (χ3n) is 4.69. The van der Waals surface area contributed by atoms with Gasteiger partial charge in [0, 0.05) is 13.1 Å². The van der Waals surface area contributed by atoms with E-state index in [4.69, 9.17) is 4.74 Å². The van der Waals surface area contributed by atoms with E-state index in [1.165, 1.54) is 7.11 Å². The van der Waals surface area contributed by atoms with E-state index in [1.807, 2.05) is 19.2 Å². The van der Waals surface area contributed by atoms with Gasteiger partial charge in [-0.05, 0) is 44.1 Å². The van der Waals surface area contributed by atoms with Crippen LogP contribution in [-0.2, 0) is 9.53 Å². The summed E-state index contributed by atoms with van der Waals surface area (Å²) in [6.07, 6.45) is 3.72. The minimum atomic E-state index is -0.478.